The quantitative estimate of drug-likeness (QED) is 0.730. The third-order valence-electron chi connectivity index (χ3n) is 2.50. The van der Waals surface area contributed by atoms with E-state index in [1.54, 1.807) is 0 Å². The van der Waals surface area contributed by atoms with E-state index in [0.717, 1.165) is 12.2 Å². The molecule has 0 saturated carbocycles. The van der Waals surface area contributed by atoms with E-state index in [4.69, 9.17) is 0 Å². The third-order valence-corrected chi connectivity index (χ3v) is 2.50. The van der Waals surface area contributed by atoms with Crippen molar-refractivity contribution in [3.63, 3.8) is 0 Å². The fraction of sp³-hybridized carbons (Fsp3) is 0.700. The minimum Gasteiger partial charge on any atom is -0.381 e. The maximum Gasteiger partial charge on any atom is 0.133 e. The molecule has 1 fully saturated rings. The van der Waals surface area contributed by atoms with Gasteiger partial charge in [0.05, 0.1) is 5.69 Å². The number of aromatic nitrogens is 2. The van der Waals surface area contributed by atoms with Crippen LogP contribution in [0.5, 0.6) is 0 Å². The largest absolute Gasteiger partial charge is 0.381 e. The molecule has 0 atom stereocenters. The summed E-state index contributed by atoms with van der Waals surface area (Å²) >= 11 is 0. The van der Waals surface area contributed by atoms with E-state index in [9.17, 15) is 5.11 Å². The fourth-order valence-corrected chi connectivity index (χ4v) is 1.63. The second kappa shape index (κ2) is 3.37. The summed E-state index contributed by atoms with van der Waals surface area (Å²) in [5.74, 6) is 0.580. The van der Waals surface area contributed by atoms with Crippen LogP contribution in [0.4, 0.5) is 0 Å². The number of aliphatic hydroxyl groups is 1. The molecule has 1 saturated heterocycles. The summed E-state index contributed by atoms with van der Waals surface area (Å²) in [5, 5.41) is 17.4. The zero-order valence-electron chi connectivity index (χ0n) is 8.70. The first kappa shape index (κ1) is 9.68. The maximum atomic E-state index is 9.99. The van der Waals surface area contributed by atoms with E-state index in [1.165, 1.54) is 0 Å². The van der Waals surface area contributed by atoms with Gasteiger partial charge >= 0.3 is 0 Å². The van der Waals surface area contributed by atoms with Crippen molar-refractivity contribution >= 4 is 0 Å². The van der Waals surface area contributed by atoms with E-state index >= 15 is 0 Å². The van der Waals surface area contributed by atoms with Crippen molar-refractivity contribution in [2.75, 3.05) is 13.1 Å². The van der Waals surface area contributed by atoms with E-state index in [0.29, 0.717) is 19.0 Å². The van der Waals surface area contributed by atoms with Gasteiger partial charge in [0.25, 0.3) is 0 Å². The lowest BCUT2D eigenvalue weighted by molar-refractivity contribution is -0.0191. The molecule has 4 nitrogen and oxygen atoms in total. The molecule has 1 aromatic rings. The first-order chi connectivity index (χ1) is 6.60. The Hall–Kier alpha value is -0.870. The number of hydrogen-bond acceptors (Lipinski definition) is 3. The van der Waals surface area contributed by atoms with Crippen LogP contribution in [-0.2, 0) is 12.1 Å². The number of nitrogens with zero attached hydrogens (tertiary/aromatic N) is 2. The van der Waals surface area contributed by atoms with Gasteiger partial charge in [-0.25, -0.2) is 0 Å². The van der Waals surface area contributed by atoms with Crippen LogP contribution in [-0.4, -0.2) is 28.0 Å². The lowest BCUT2D eigenvalue weighted by atomic mass is 9.93. The lowest BCUT2D eigenvalue weighted by Gasteiger charge is -2.35. The van der Waals surface area contributed by atoms with Crippen molar-refractivity contribution in [2.45, 2.75) is 26.0 Å². The van der Waals surface area contributed by atoms with Crippen molar-refractivity contribution in [1.82, 2.24) is 15.1 Å². The van der Waals surface area contributed by atoms with Crippen molar-refractivity contribution < 1.29 is 5.11 Å². The fourth-order valence-electron chi connectivity index (χ4n) is 1.63. The minimum absolute atomic E-state index is 0.580. The SMILES string of the molecule is CC(C)Cn1ccc(C2(O)CNC2)n1. The van der Waals surface area contributed by atoms with Gasteiger partial charge in [0.15, 0.2) is 0 Å². The highest BCUT2D eigenvalue weighted by atomic mass is 16.3. The van der Waals surface area contributed by atoms with Gasteiger partial charge in [-0.05, 0) is 12.0 Å². The van der Waals surface area contributed by atoms with Crippen LogP contribution >= 0.6 is 0 Å². The molecule has 1 aliphatic rings. The lowest BCUT2D eigenvalue weighted by Crippen LogP contribution is -2.57. The molecule has 0 aromatic carbocycles. The number of hydrogen-bond donors (Lipinski definition) is 2. The van der Waals surface area contributed by atoms with Crippen LogP contribution in [0, 0.1) is 5.92 Å². The van der Waals surface area contributed by atoms with E-state index in [-0.39, 0.29) is 0 Å². The van der Waals surface area contributed by atoms with Gasteiger partial charge in [-0.2, -0.15) is 5.10 Å². The molecule has 14 heavy (non-hydrogen) atoms. The highest BCUT2D eigenvalue weighted by Crippen LogP contribution is 2.23. The first-order valence-corrected chi connectivity index (χ1v) is 5.07. The van der Waals surface area contributed by atoms with Gasteiger partial charge in [0.2, 0.25) is 0 Å². The van der Waals surface area contributed by atoms with Crippen molar-refractivity contribution in [3.05, 3.63) is 18.0 Å². The zero-order chi connectivity index (χ0) is 10.2. The molecular weight excluding hydrogens is 178 g/mol. The van der Waals surface area contributed by atoms with Crippen LogP contribution in [0.2, 0.25) is 0 Å². The Bertz CT molecular complexity index is 315. The maximum absolute atomic E-state index is 9.99. The molecule has 2 N–H and O–H groups in total. The third kappa shape index (κ3) is 1.67. The molecule has 1 aliphatic heterocycles. The summed E-state index contributed by atoms with van der Waals surface area (Å²) in [5.41, 5.74) is 0.0688. The average molecular weight is 195 g/mol. The Morgan fingerprint density at radius 3 is 2.86 bits per heavy atom. The molecular formula is C10H17N3O. The van der Waals surface area contributed by atoms with E-state index < -0.39 is 5.60 Å². The summed E-state index contributed by atoms with van der Waals surface area (Å²) < 4.78 is 1.90. The number of β-amino-alcohol motifs (C(OH)–C–C–N with tert-alkyl or cyclic N) is 1. The van der Waals surface area contributed by atoms with Crippen molar-refractivity contribution in [2.24, 2.45) is 5.92 Å². The van der Waals surface area contributed by atoms with Crippen LogP contribution in [0.1, 0.15) is 19.5 Å². The molecule has 0 aliphatic carbocycles. The van der Waals surface area contributed by atoms with Gasteiger partial charge in [-0.1, -0.05) is 13.8 Å². The predicted octanol–water partition coefficient (Wildman–Crippen LogP) is 0.330. The monoisotopic (exact) mass is 195 g/mol. The van der Waals surface area contributed by atoms with Gasteiger partial charge in [-0.15, -0.1) is 0 Å². The van der Waals surface area contributed by atoms with Crippen molar-refractivity contribution in [1.29, 1.82) is 0 Å². The van der Waals surface area contributed by atoms with Crippen LogP contribution in [0.15, 0.2) is 12.3 Å². The molecule has 78 valence electrons. The summed E-state index contributed by atoms with van der Waals surface area (Å²) in [6.07, 6.45) is 1.94. The Labute approximate surface area is 83.9 Å². The van der Waals surface area contributed by atoms with Gasteiger partial charge in [-0.3, -0.25) is 4.68 Å². The Kier molecular flexibility index (Phi) is 2.33. The van der Waals surface area contributed by atoms with Crippen LogP contribution in [0.3, 0.4) is 0 Å². The van der Waals surface area contributed by atoms with Crippen LogP contribution in [0.25, 0.3) is 0 Å². The summed E-state index contributed by atoms with van der Waals surface area (Å²) in [4.78, 5) is 0. The highest BCUT2D eigenvalue weighted by Gasteiger charge is 2.38. The molecule has 0 spiro atoms. The average Bonchev–Trinajstić information content (AvgIpc) is 2.47. The molecule has 2 heterocycles. The molecule has 4 heteroatoms. The normalized spacial score (nSPS) is 19.7. The topological polar surface area (TPSA) is 50.1 Å². The molecule has 2 rings (SSSR count). The first-order valence-electron chi connectivity index (χ1n) is 5.07. The molecule has 0 radical (unpaired) electrons. The standard InChI is InChI=1S/C10H17N3O/c1-8(2)5-13-4-3-9(12-13)10(14)6-11-7-10/h3-4,8,11,14H,5-7H2,1-2H3. The molecule has 1 aromatic heterocycles. The zero-order valence-corrected chi connectivity index (χ0v) is 8.70. The van der Waals surface area contributed by atoms with Gasteiger partial charge in [0, 0.05) is 25.8 Å². The highest BCUT2D eigenvalue weighted by molar-refractivity contribution is 5.16. The van der Waals surface area contributed by atoms with Gasteiger partial charge in [0.1, 0.15) is 5.60 Å². The molecule has 0 unspecified atom stereocenters. The minimum atomic E-state index is -0.720. The number of rotatable bonds is 3. The Balaban J connectivity index is 2.09. The predicted molar refractivity (Wildman–Crippen MR) is 53.8 cm³/mol. The smallest absolute Gasteiger partial charge is 0.133 e. The summed E-state index contributed by atoms with van der Waals surface area (Å²) in [7, 11) is 0. The summed E-state index contributed by atoms with van der Waals surface area (Å²) in [6, 6.07) is 1.91. The van der Waals surface area contributed by atoms with E-state index in [1.807, 2.05) is 16.9 Å². The second-order valence-corrected chi connectivity index (χ2v) is 4.45. The Morgan fingerprint density at radius 1 is 1.64 bits per heavy atom. The molecule has 0 amide bonds. The summed E-state index contributed by atoms with van der Waals surface area (Å²) in [6.45, 7) is 6.45. The second-order valence-electron chi connectivity index (χ2n) is 4.45. The van der Waals surface area contributed by atoms with E-state index in [2.05, 4.69) is 24.3 Å². The molecule has 0 bridgehead atoms. The van der Waals surface area contributed by atoms with Crippen molar-refractivity contribution in [3.8, 4) is 0 Å². The Morgan fingerprint density at radius 2 is 2.36 bits per heavy atom. The van der Waals surface area contributed by atoms with Gasteiger partial charge < -0.3 is 10.4 Å². The number of nitrogens with one attached hydrogen (secondary N) is 1. The van der Waals surface area contributed by atoms with Crippen LogP contribution < -0.4 is 5.32 Å².